The third-order valence-electron chi connectivity index (χ3n) is 1.20. The number of aromatic hydroxyl groups is 1. The summed E-state index contributed by atoms with van der Waals surface area (Å²) in [6, 6.07) is 6.96. The summed E-state index contributed by atoms with van der Waals surface area (Å²) in [5, 5.41) is 8.89. The average molecular weight is 133 g/mol. The lowest BCUT2D eigenvalue weighted by atomic mass is 10.1. The number of benzene rings is 1. The van der Waals surface area contributed by atoms with Gasteiger partial charge in [-0.2, -0.15) is 0 Å². The van der Waals surface area contributed by atoms with Crippen molar-refractivity contribution in [2.75, 3.05) is 0 Å². The molecule has 0 amide bonds. The van der Waals surface area contributed by atoms with Gasteiger partial charge in [0.1, 0.15) is 5.75 Å². The summed E-state index contributed by atoms with van der Waals surface area (Å²) in [5.74, 6) is 0.293. The van der Waals surface area contributed by atoms with Crippen molar-refractivity contribution in [3.8, 4) is 5.75 Å². The Morgan fingerprint density at radius 2 is 1.80 bits per heavy atom. The Labute approximate surface area is 60.6 Å². The zero-order valence-electron chi connectivity index (χ0n) is 5.62. The maximum atomic E-state index is 8.89. The maximum Gasteiger partial charge on any atom is 0.115 e. The quantitative estimate of drug-likeness (QED) is 0.655. The molecule has 1 aromatic carbocycles. The zero-order valence-corrected chi connectivity index (χ0v) is 5.62. The summed E-state index contributed by atoms with van der Waals surface area (Å²) in [4.78, 5) is 0. The molecule has 0 saturated carbocycles. The lowest BCUT2D eigenvalue weighted by Gasteiger charge is -1.94. The van der Waals surface area contributed by atoms with E-state index in [0.717, 1.165) is 5.56 Å². The number of allylic oxidation sites excluding steroid dienone is 1. The minimum absolute atomic E-state index is 0.293. The van der Waals surface area contributed by atoms with E-state index in [-0.39, 0.29) is 0 Å². The molecule has 1 heteroatoms. The van der Waals surface area contributed by atoms with Gasteiger partial charge in [0.25, 0.3) is 0 Å². The summed E-state index contributed by atoms with van der Waals surface area (Å²) in [6.07, 6.45) is 3.59. The normalized spacial score (nSPS) is 9.20. The molecule has 0 aliphatic carbocycles. The Morgan fingerprint density at radius 3 is 2.30 bits per heavy atom. The molecule has 10 heavy (non-hydrogen) atoms. The van der Waals surface area contributed by atoms with Gasteiger partial charge in [0.2, 0.25) is 0 Å². The fraction of sp³-hybridized carbons (Fsp3) is 0. The highest BCUT2D eigenvalue weighted by Gasteiger charge is 1.88. The van der Waals surface area contributed by atoms with Crippen LogP contribution >= 0.6 is 0 Å². The predicted octanol–water partition coefficient (Wildman–Crippen LogP) is 2.13. The van der Waals surface area contributed by atoms with Crippen LogP contribution in [0.4, 0.5) is 0 Å². The van der Waals surface area contributed by atoms with Gasteiger partial charge in [-0.15, -0.1) is 6.58 Å². The number of phenols is 1. The van der Waals surface area contributed by atoms with Crippen LogP contribution in [0.1, 0.15) is 5.56 Å². The van der Waals surface area contributed by atoms with Crippen molar-refractivity contribution < 1.29 is 5.11 Å². The smallest absolute Gasteiger partial charge is 0.115 e. The van der Waals surface area contributed by atoms with Crippen molar-refractivity contribution in [1.82, 2.24) is 0 Å². The van der Waals surface area contributed by atoms with E-state index >= 15 is 0 Å². The molecule has 0 aromatic heterocycles. The van der Waals surface area contributed by atoms with Gasteiger partial charge in [-0.1, -0.05) is 18.2 Å². The van der Waals surface area contributed by atoms with Gasteiger partial charge in [0.15, 0.2) is 0 Å². The van der Waals surface area contributed by atoms with Crippen molar-refractivity contribution >= 4 is 0 Å². The van der Waals surface area contributed by atoms with Gasteiger partial charge in [-0.05, 0) is 17.7 Å². The third-order valence-corrected chi connectivity index (χ3v) is 1.20. The second-order valence-corrected chi connectivity index (χ2v) is 1.99. The minimum atomic E-state index is 0.293. The molecule has 51 valence electrons. The van der Waals surface area contributed by atoms with Gasteiger partial charge in [0.05, 0.1) is 0 Å². The van der Waals surface area contributed by atoms with Crippen molar-refractivity contribution in [2.24, 2.45) is 0 Å². The summed E-state index contributed by atoms with van der Waals surface area (Å²) in [6.45, 7) is 3.56. The highest BCUT2D eigenvalue weighted by molar-refractivity contribution is 5.32. The van der Waals surface area contributed by atoms with Gasteiger partial charge < -0.3 is 5.11 Å². The van der Waals surface area contributed by atoms with Crippen molar-refractivity contribution in [2.45, 2.75) is 0 Å². The van der Waals surface area contributed by atoms with Crippen molar-refractivity contribution in [1.29, 1.82) is 0 Å². The molecular weight excluding hydrogens is 124 g/mol. The molecule has 0 aliphatic heterocycles. The fourth-order valence-electron chi connectivity index (χ4n) is 0.722. The van der Waals surface area contributed by atoms with Crippen molar-refractivity contribution in [3.05, 3.63) is 48.9 Å². The van der Waals surface area contributed by atoms with Crippen LogP contribution in [-0.4, -0.2) is 5.11 Å². The van der Waals surface area contributed by atoms with E-state index < -0.39 is 0 Å². The molecule has 1 N–H and O–H groups in total. The number of rotatable bonds is 2. The standard InChI is InChI=1S/C9H9O/c1-2-3-8-4-6-9(10)7-5-8/h2-7,10H,1H2. The summed E-state index contributed by atoms with van der Waals surface area (Å²) < 4.78 is 0. The van der Waals surface area contributed by atoms with Crippen LogP contribution in [0.5, 0.6) is 5.75 Å². The van der Waals surface area contributed by atoms with E-state index in [2.05, 4.69) is 6.58 Å². The Bertz CT molecular complexity index is 211. The molecule has 1 radical (unpaired) electrons. The average Bonchev–Trinajstić information content (AvgIpc) is 1.95. The molecule has 0 heterocycles. The first kappa shape index (κ1) is 6.87. The molecule has 1 aromatic rings. The first-order valence-corrected chi connectivity index (χ1v) is 3.08. The first-order chi connectivity index (χ1) is 4.83. The Balaban J connectivity index is 2.78. The third kappa shape index (κ3) is 1.62. The molecule has 0 unspecified atom stereocenters. The summed E-state index contributed by atoms with van der Waals surface area (Å²) in [7, 11) is 0. The Kier molecular flexibility index (Phi) is 2.11. The van der Waals surface area contributed by atoms with Gasteiger partial charge >= 0.3 is 0 Å². The SMILES string of the molecule is C=C[CH]c1ccc(O)cc1. The summed E-state index contributed by atoms with van der Waals surface area (Å²) >= 11 is 0. The first-order valence-electron chi connectivity index (χ1n) is 3.08. The van der Waals surface area contributed by atoms with Crippen LogP contribution in [0, 0.1) is 6.42 Å². The highest BCUT2D eigenvalue weighted by atomic mass is 16.3. The number of hydrogen-bond acceptors (Lipinski definition) is 1. The zero-order chi connectivity index (χ0) is 7.40. The van der Waals surface area contributed by atoms with Crippen LogP contribution < -0.4 is 0 Å². The highest BCUT2D eigenvalue weighted by Crippen LogP contribution is 2.10. The summed E-state index contributed by atoms with van der Waals surface area (Å²) in [5.41, 5.74) is 1.05. The number of hydrogen-bond donors (Lipinski definition) is 1. The molecule has 1 nitrogen and oxygen atoms in total. The predicted molar refractivity (Wildman–Crippen MR) is 41.7 cm³/mol. The fourth-order valence-corrected chi connectivity index (χ4v) is 0.722. The van der Waals surface area contributed by atoms with Gasteiger partial charge in [-0.25, -0.2) is 0 Å². The molecule has 1 rings (SSSR count). The van der Waals surface area contributed by atoms with E-state index in [4.69, 9.17) is 5.11 Å². The maximum absolute atomic E-state index is 8.89. The van der Waals surface area contributed by atoms with Gasteiger partial charge in [-0.3, -0.25) is 0 Å². The largest absolute Gasteiger partial charge is 0.508 e. The van der Waals surface area contributed by atoms with Crippen LogP contribution in [0.25, 0.3) is 0 Å². The number of phenolic OH excluding ortho intramolecular Hbond substituents is 1. The van der Waals surface area contributed by atoms with Crippen LogP contribution in [0.15, 0.2) is 36.9 Å². The van der Waals surface area contributed by atoms with Crippen LogP contribution in [0.2, 0.25) is 0 Å². The van der Waals surface area contributed by atoms with E-state index in [0.29, 0.717) is 5.75 Å². The van der Waals surface area contributed by atoms with E-state index in [1.807, 2.05) is 18.6 Å². The molecule has 0 atom stereocenters. The van der Waals surface area contributed by atoms with E-state index in [1.54, 1.807) is 18.2 Å². The molecule has 0 spiro atoms. The molecule has 0 saturated heterocycles. The molecule has 0 aliphatic rings. The van der Waals surface area contributed by atoms with Crippen LogP contribution in [-0.2, 0) is 0 Å². The molecular formula is C9H9O. The van der Waals surface area contributed by atoms with E-state index in [9.17, 15) is 0 Å². The van der Waals surface area contributed by atoms with E-state index in [1.165, 1.54) is 0 Å². The molecule has 0 fully saturated rings. The van der Waals surface area contributed by atoms with Gasteiger partial charge in [0, 0.05) is 6.42 Å². The molecule has 0 bridgehead atoms. The Morgan fingerprint density at radius 1 is 1.20 bits per heavy atom. The Hall–Kier alpha value is -1.24. The second-order valence-electron chi connectivity index (χ2n) is 1.99. The van der Waals surface area contributed by atoms with Crippen LogP contribution in [0.3, 0.4) is 0 Å². The lowest BCUT2D eigenvalue weighted by Crippen LogP contribution is -1.74. The minimum Gasteiger partial charge on any atom is -0.508 e. The second kappa shape index (κ2) is 3.06. The lowest BCUT2D eigenvalue weighted by molar-refractivity contribution is 0.475. The van der Waals surface area contributed by atoms with Crippen molar-refractivity contribution in [3.63, 3.8) is 0 Å². The topological polar surface area (TPSA) is 20.2 Å². The monoisotopic (exact) mass is 133 g/mol.